The van der Waals surface area contributed by atoms with Gasteiger partial charge in [-0.1, -0.05) is 19.1 Å². The van der Waals surface area contributed by atoms with Crippen LogP contribution in [0.4, 0.5) is 5.69 Å². The summed E-state index contributed by atoms with van der Waals surface area (Å²) in [7, 11) is 0. The molecule has 0 aliphatic heterocycles. The Balaban J connectivity index is 2.61. The fraction of sp³-hybridized carbons (Fsp3) is 0.417. The number of nitrogens with one attached hydrogen (secondary N) is 1. The zero-order chi connectivity index (χ0) is 13.7. The van der Waals surface area contributed by atoms with Crippen LogP contribution < -0.4 is 11.1 Å². The third-order valence-corrected chi connectivity index (χ3v) is 2.79. The number of benzene rings is 1. The number of amides is 1. The molecule has 0 heterocycles. The summed E-state index contributed by atoms with van der Waals surface area (Å²) in [6.07, 6.45) is 0. The molecule has 98 valence electrons. The molecule has 1 aromatic rings. The van der Waals surface area contributed by atoms with Gasteiger partial charge in [-0.05, 0) is 12.5 Å². The van der Waals surface area contributed by atoms with Crippen molar-refractivity contribution >= 4 is 11.6 Å². The average molecular weight is 251 g/mol. The van der Waals surface area contributed by atoms with Gasteiger partial charge in [-0.2, -0.15) is 0 Å². The van der Waals surface area contributed by atoms with Gasteiger partial charge in [0.1, 0.15) is 0 Å². The van der Waals surface area contributed by atoms with Gasteiger partial charge in [-0.25, -0.2) is 0 Å². The first-order valence-electron chi connectivity index (χ1n) is 5.68. The van der Waals surface area contributed by atoms with E-state index in [2.05, 4.69) is 5.32 Å². The van der Waals surface area contributed by atoms with E-state index in [1.54, 1.807) is 26.0 Å². The van der Waals surface area contributed by atoms with E-state index < -0.39 is 4.92 Å². The Labute approximate surface area is 105 Å². The monoisotopic (exact) mass is 251 g/mol. The largest absolute Gasteiger partial charge is 0.352 e. The van der Waals surface area contributed by atoms with E-state index in [1.807, 2.05) is 0 Å². The van der Waals surface area contributed by atoms with Crippen molar-refractivity contribution in [2.24, 2.45) is 11.7 Å². The molecule has 0 spiro atoms. The fourth-order valence-electron chi connectivity index (χ4n) is 1.37. The van der Waals surface area contributed by atoms with E-state index in [4.69, 9.17) is 5.73 Å². The van der Waals surface area contributed by atoms with Crippen LogP contribution in [-0.2, 0) is 11.3 Å². The van der Waals surface area contributed by atoms with Gasteiger partial charge >= 0.3 is 0 Å². The highest BCUT2D eigenvalue weighted by molar-refractivity contribution is 5.78. The van der Waals surface area contributed by atoms with Crippen molar-refractivity contribution in [1.82, 2.24) is 5.32 Å². The quantitative estimate of drug-likeness (QED) is 0.606. The summed E-state index contributed by atoms with van der Waals surface area (Å²) in [4.78, 5) is 21.8. The molecule has 18 heavy (non-hydrogen) atoms. The number of carbonyl (C=O) groups excluding carboxylic acids is 1. The van der Waals surface area contributed by atoms with Gasteiger partial charge in [-0.15, -0.1) is 0 Å². The van der Waals surface area contributed by atoms with Crippen molar-refractivity contribution < 1.29 is 9.72 Å². The molecule has 3 N–H and O–H groups in total. The fourth-order valence-corrected chi connectivity index (χ4v) is 1.37. The molecule has 0 aliphatic rings. The number of hydrogen-bond donors (Lipinski definition) is 2. The summed E-state index contributed by atoms with van der Waals surface area (Å²) in [5.41, 5.74) is 6.32. The summed E-state index contributed by atoms with van der Waals surface area (Å²) < 4.78 is 0. The molecule has 0 saturated carbocycles. The molecule has 0 aromatic heterocycles. The molecule has 0 radical (unpaired) electrons. The molecule has 0 fully saturated rings. The van der Waals surface area contributed by atoms with Crippen LogP contribution in [0.5, 0.6) is 0 Å². The van der Waals surface area contributed by atoms with Crippen LogP contribution in [0.1, 0.15) is 19.4 Å². The Morgan fingerprint density at radius 3 is 2.72 bits per heavy atom. The van der Waals surface area contributed by atoms with Gasteiger partial charge in [0.25, 0.3) is 5.69 Å². The van der Waals surface area contributed by atoms with E-state index in [-0.39, 0.29) is 30.1 Å². The first kappa shape index (κ1) is 14.1. The number of non-ortho nitro benzene ring substituents is 1. The SMILES string of the molecule is CC(N)C(C)C(=O)NCc1cccc([N+](=O)[O-])c1. The molecular weight excluding hydrogens is 234 g/mol. The topological polar surface area (TPSA) is 98.3 Å². The van der Waals surface area contributed by atoms with Crippen molar-refractivity contribution in [3.63, 3.8) is 0 Å². The third kappa shape index (κ3) is 3.81. The maximum Gasteiger partial charge on any atom is 0.269 e. The standard InChI is InChI=1S/C12H17N3O3/c1-8(9(2)13)12(16)14-7-10-4-3-5-11(6-10)15(17)18/h3-6,8-9H,7,13H2,1-2H3,(H,14,16). The number of nitro benzene ring substituents is 1. The highest BCUT2D eigenvalue weighted by Crippen LogP contribution is 2.13. The van der Waals surface area contributed by atoms with Gasteiger partial charge in [0.05, 0.1) is 4.92 Å². The van der Waals surface area contributed by atoms with Gasteiger partial charge < -0.3 is 11.1 Å². The lowest BCUT2D eigenvalue weighted by Crippen LogP contribution is -2.38. The summed E-state index contributed by atoms with van der Waals surface area (Å²) >= 11 is 0. The molecule has 1 amide bonds. The number of nitrogens with zero attached hydrogens (tertiary/aromatic N) is 1. The first-order valence-corrected chi connectivity index (χ1v) is 5.68. The molecule has 1 aromatic carbocycles. The lowest BCUT2D eigenvalue weighted by Gasteiger charge is -2.15. The normalized spacial score (nSPS) is 13.7. The van der Waals surface area contributed by atoms with Crippen molar-refractivity contribution in [2.75, 3.05) is 0 Å². The maximum atomic E-state index is 11.7. The minimum Gasteiger partial charge on any atom is -0.352 e. The van der Waals surface area contributed by atoms with Crippen LogP contribution >= 0.6 is 0 Å². The lowest BCUT2D eigenvalue weighted by molar-refractivity contribution is -0.384. The van der Waals surface area contributed by atoms with Crippen LogP contribution in [0, 0.1) is 16.0 Å². The van der Waals surface area contributed by atoms with Crippen LogP contribution in [0.25, 0.3) is 0 Å². The second-order valence-electron chi connectivity index (χ2n) is 4.29. The molecule has 6 heteroatoms. The van der Waals surface area contributed by atoms with E-state index >= 15 is 0 Å². The summed E-state index contributed by atoms with van der Waals surface area (Å²) in [5.74, 6) is -0.444. The van der Waals surface area contributed by atoms with Gasteiger partial charge in [0.2, 0.25) is 5.91 Å². The summed E-state index contributed by atoms with van der Waals surface area (Å²) in [6, 6.07) is 5.95. The molecule has 0 saturated heterocycles. The van der Waals surface area contributed by atoms with E-state index in [0.29, 0.717) is 5.56 Å². The van der Waals surface area contributed by atoms with Crippen LogP contribution in [0.2, 0.25) is 0 Å². The van der Waals surface area contributed by atoms with E-state index in [0.717, 1.165) is 0 Å². The number of rotatable bonds is 5. The molecular formula is C12H17N3O3. The van der Waals surface area contributed by atoms with Gasteiger partial charge in [0.15, 0.2) is 0 Å². The number of nitrogens with two attached hydrogens (primary N) is 1. The Kier molecular flexibility index (Phi) is 4.79. The molecule has 6 nitrogen and oxygen atoms in total. The van der Waals surface area contributed by atoms with E-state index in [9.17, 15) is 14.9 Å². The van der Waals surface area contributed by atoms with Crippen molar-refractivity contribution in [1.29, 1.82) is 0 Å². The highest BCUT2D eigenvalue weighted by Gasteiger charge is 2.16. The predicted molar refractivity (Wildman–Crippen MR) is 67.8 cm³/mol. The Morgan fingerprint density at radius 1 is 1.50 bits per heavy atom. The Bertz CT molecular complexity index is 446. The molecule has 0 bridgehead atoms. The predicted octanol–water partition coefficient (Wildman–Crippen LogP) is 1.19. The van der Waals surface area contributed by atoms with Crippen molar-refractivity contribution in [3.05, 3.63) is 39.9 Å². The maximum absolute atomic E-state index is 11.7. The molecule has 2 atom stereocenters. The number of carbonyl (C=O) groups is 1. The highest BCUT2D eigenvalue weighted by atomic mass is 16.6. The minimum atomic E-state index is -0.462. The summed E-state index contributed by atoms with van der Waals surface area (Å²) in [6.45, 7) is 3.77. The first-order chi connectivity index (χ1) is 8.41. The average Bonchev–Trinajstić information content (AvgIpc) is 2.35. The van der Waals surface area contributed by atoms with Gasteiger partial charge in [0, 0.05) is 30.6 Å². The number of hydrogen-bond acceptors (Lipinski definition) is 4. The Hall–Kier alpha value is -1.95. The van der Waals surface area contributed by atoms with Crippen LogP contribution in [0.3, 0.4) is 0 Å². The van der Waals surface area contributed by atoms with Gasteiger partial charge in [-0.3, -0.25) is 14.9 Å². The lowest BCUT2D eigenvalue weighted by atomic mass is 10.0. The second kappa shape index (κ2) is 6.11. The van der Waals surface area contributed by atoms with Crippen molar-refractivity contribution in [2.45, 2.75) is 26.4 Å². The second-order valence-corrected chi connectivity index (χ2v) is 4.29. The van der Waals surface area contributed by atoms with Crippen LogP contribution in [-0.4, -0.2) is 16.9 Å². The van der Waals surface area contributed by atoms with E-state index in [1.165, 1.54) is 12.1 Å². The Morgan fingerprint density at radius 2 is 2.17 bits per heavy atom. The summed E-state index contributed by atoms with van der Waals surface area (Å²) in [5, 5.41) is 13.3. The molecule has 1 rings (SSSR count). The third-order valence-electron chi connectivity index (χ3n) is 2.79. The molecule has 2 unspecified atom stereocenters. The number of nitro groups is 1. The zero-order valence-corrected chi connectivity index (χ0v) is 10.4. The van der Waals surface area contributed by atoms with Crippen molar-refractivity contribution in [3.8, 4) is 0 Å². The van der Waals surface area contributed by atoms with Crippen LogP contribution in [0.15, 0.2) is 24.3 Å². The molecule has 0 aliphatic carbocycles. The zero-order valence-electron chi connectivity index (χ0n) is 10.4. The smallest absolute Gasteiger partial charge is 0.269 e. The minimum absolute atomic E-state index is 0.0157.